The standard InChI is InChI=1S/C22H25N3O4/c1-15-18(21(26)17-13-16(28-3)6-7-19(17)23(15)2)14-24-8-10-25(11-9-24)22(27)20-5-4-12-29-20/h4-7,12-13H,8-11,14H2,1-3H3. The third-order valence-corrected chi connectivity index (χ3v) is 5.80. The molecule has 3 aromatic rings. The molecule has 29 heavy (non-hydrogen) atoms. The van der Waals surface area contributed by atoms with E-state index in [1.807, 2.05) is 26.1 Å². The molecule has 1 aliphatic rings. The van der Waals surface area contributed by atoms with Crippen molar-refractivity contribution in [3.63, 3.8) is 0 Å². The van der Waals surface area contributed by atoms with Gasteiger partial charge in [0.05, 0.1) is 18.9 Å². The van der Waals surface area contributed by atoms with E-state index in [-0.39, 0.29) is 11.3 Å². The van der Waals surface area contributed by atoms with Crippen LogP contribution in [0.25, 0.3) is 10.9 Å². The first-order valence-electron chi connectivity index (χ1n) is 9.71. The fourth-order valence-electron chi connectivity index (χ4n) is 3.90. The average molecular weight is 395 g/mol. The summed E-state index contributed by atoms with van der Waals surface area (Å²) in [5.74, 6) is 0.959. The van der Waals surface area contributed by atoms with Gasteiger partial charge in [-0.15, -0.1) is 0 Å². The number of pyridine rings is 1. The van der Waals surface area contributed by atoms with Gasteiger partial charge < -0.3 is 18.6 Å². The number of piperazine rings is 1. The maximum absolute atomic E-state index is 13.2. The number of nitrogens with zero attached hydrogens (tertiary/aromatic N) is 3. The smallest absolute Gasteiger partial charge is 0.289 e. The number of aryl methyl sites for hydroxylation is 1. The normalized spacial score (nSPS) is 15.1. The zero-order valence-electron chi connectivity index (χ0n) is 17.0. The van der Waals surface area contributed by atoms with Crippen molar-refractivity contribution in [3.8, 4) is 5.75 Å². The van der Waals surface area contributed by atoms with E-state index in [0.717, 1.165) is 16.8 Å². The van der Waals surface area contributed by atoms with Gasteiger partial charge in [-0.05, 0) is 37.3 Å². The van der Waals surface area contributed by atoms with Crippen LogP contribution in [0.2, 0.25) is 0 Å². The van der Waals surface area contributed by atoms with E-state index in [0.29, 0.717) is 49.6 Å². The molecule has 0 radical (unpaired) electrons. The molecule has 4 rings (SSSR count). The van der Waals surface area contributed by atoms with Gasteiger partial charge in [-0.1, -0.05) is 0 Å². The third-order valence-electron chi connectivity index (χ3n) is 5.80. The van der Waals surface area contributed by atoms with Crippen LogP contribution in [0.3, 0.4) is 0 Å². The number of aromatic nitrogens is 1. The molecule has 1 fully saturated rings. The number of hydrogen-bond donors (Lipinski definition) is 0. The molecule has 2 aromatic heterocycles. The molecule has 0 unspecified atom stereocenters. The van der Waals surface area contributed by atoms with Gasteiger partial charge in [0.25, 0.3) is 5.91 Å². The van der Waals surface area contributed by atoms with Crippen molar-refractivity contribution in [1.29, 1.82) is 0 Å². The lowest BCUT2D eigenvalue weighted by molar-refractivity contribution is 0.0597. The number of hydrogen-bond acceptors (Lipinski definition) is 5. The minimum Gasteiger partial charge on any atom is -0.497 e. The molecule has 0 spiro atoms. The monoisotopic (exact) mass is 395 g/mol. The highest BCUT2D eigenvalue weighted by atomic mass is 16.5. The Morgan fingerprint density at radius 1 is 1.17 bits per heavy atom. The first-order valence-corrected chi connectivity index (χ1v) is 9.71. The number of methoxy groups -OCH3 is 1. The Labute approximate surface area is 169 Å². The zero-order chi connectivity index (χ0) is 20.5. The lowest BCUT2D eigenvalue weighted by Crippen LogP contribution is -2.48. The summed E-state index contributed by atoms with van der Waals surface area (Å²) in [4.78, 5) is 29.7. The maximum atomic E-state index is 13.2. The van der Waals surface area contributed by atoms with Gasteiger partial charge in [-0.3, -0.25) is 14.5 Å². The fourth-order valence-corrected chi connectivity index (χ4v) is 3.90. The van der Waals surface area contributed by atoms with E-state index < -0.39 is 0 Å². The van der Waals surface area contributed by atoms with Crippen LogP contribution in [0, 0.1) is 6.92 Å². The zero-order valence-corrected chi connectivity index (χ0v) is 17.0. The summed E-state index contributed by atoms with van der Waals surface area (Å²) in [5.41, 5.74) is 2.69. The van der Waals surface area contributed by atoms with Crippen LogP contribution in [0.4, 0.5) is 0 Å². The molecule has 7 heteroatoms. The Bertz CT molecular complexity index is 1090. The Balaban J connectivity index is 1.54. The molecule has 1 amide bonds. The number of carbonyl (C=O) groups excluding carboxylic acids is 1. The number of carbonyl (C=O) groups is 1. The van der Waals surface area contributed by atoms with Crippen molar-refractivity contribution in [1.82, 2.24) is 14.4 Å². The molecule has 0 bridgehead atoms. The molecule has 1 aliphatic heterocycles. The molecule has 1 aromatic carbocycles. The summed E-state index contributed by atoms with van der Waals surface area (Å²) in [7, 11) is 3.58. The summed E-state index contributed by atoms with van der Waals surface area (Å²) >= 11 is 0. The van der Waals surface area contributed by atoms with Gasteiger partial charge in [-0.2, -0.15) is 0 Å². The van der Waals surface area contributed by atoms with E-state index in [1.54, 1.807) is 30.2 Å². The predicted molar refractivity (Wildman–Crippen MR) is 110 cm³/mol. The lowest BCUT2D eigenvalue weighted by Gasteiger charge is -2.34. The molecular formula is C22H25N3O4. The summed E-state index contributed by atoms with van der Waals surface area (Å²) in [5, 5.41) is 0.666. The van der Waals surface area contributed by atoms with E-state index in [2.05, 4.69) is 9.47 Å². The highest BCUT2D eigenvalue weighted by Gasteiger charge is 2.25. The second-order valence-electron chi connectivity index (χ2n) is 7.38. The minimum atomic E-state index is -0.0838. The first-order chi connectivity index (χ1) is 14.0. The van der Waals surface area contributed by atoms with Gasteiger partial charge in [0.1, 0.15) is 5.75 Å². The molecule has 1 saturated heterocycles. The highest BCUT2D eigenvalue weighted by Crippen LogP contribution is 2.21. The maximum Gasteiger partial charge on any atom is 0.289 e. The molecule has 3 heterocycles. The van der Waals surface area contributed by atoms with Gasteiger partial charge in [-0.25, -0.2) is 0 Å². The van der Waals surface area contributed by atoms with E-state index >= 15 is 0 Å². The summed E-state index contributed by atoms with van der Waals surface area (Å²) in [6, 6.07) is 9.00. The Morgan fingerprint density at radius 3 is 2.59 bits per heavy atom. The SMILES string of the molecule is COc1ccc2c(c1)c(=O)c(CN1CCN(C(=O)c3ccco3)CC1)c(C)n2C. The Morgan fingerprint density at radius 2 is 1.93 bits per heavy atom. The molecular weight excluding hydrogens is 370 g/mol. The van der Waals surface area contributed by atoms with Crippen LogP contribution < -0.4 is 10.2 Å². The van der Waals surface area contributed by atoms with Crippen molar-refractivity contribution in [2.75, 3.05) is 33.3 Å². The van der Waals surface area contributed by atoms with Gasteiger partial charge in [0.2, 0.25) is 0 Å². The fraction of sp³-hybridized carbons (Fsp3) is 0.364. The molecule has 152 valence electrons. The quantitative estimate of drug-likeness (QED) is 0.679. The number of fused-ring (bicyclic) bond motifs is 1. The van der Waals surface area contributed by atoms with Crippen LogP contribution in [0.1, 0.15) is 21.8 Å². The van der Waals surface area contributed by atoms with Crippen molar-refractivity contribution < 1.29 is 13.9 Å². The molecule has 0 saturated carbocycles. The van der Waals surface area contributed by atoms with Crippen molar-refractivity contribution in [3.05, 3.63) is 63.8 Å². The number of rotatable bonds is 4. The van der Waals surface area contributed by atoms with Gasteiger partial charge in [0.15, 0.2) is 11.2 Å². The molecule has 0 atom stereocenters. The number of ether oxygens (including phenoxy) is 1. The number of benzene rings is 1. The van der Waals surface area contributed by atoms with Crippen molar-refractivity contribution in [2.45, 2.75) is 13.5 Å². The van der Waals surface area contributed by atoms with E-state index in [4.69, 9.17) is 9.15 Å². The predicted octanol–water partition coefficient (Wildman–Crippen LogP) is 2.41. The first kappa shape index (κ1) is 19.3. The van der Waals surface area contributed by atoms with Crippen LogP contribution in [-0.2, 0) is 13.6 Å². The largest absolute Gasteiger partial charge is 0.497 e. The van der Waals surface area contributed by atoms with Crippen LogP contribution >= 0.6 is 0 Å². The van der Waals surface area contributed by atoms with Crippen LogP contribution in [0.15, 0.2) is 45.8 Å². The number of furan rings is 1. The second kappa shape index (κ2) is 7.75. The van der Waals surface area contributed by atoms with E-state index in [9.17, 15) is 9.59 Å². The summed E-state index contributed by atoms with van der Waals surface area (Å²) < 4.78 is 12.6. The van der Waals surface area contributed by atoms with E-state index in [1.165, 1.54) is 6.26 Å². The summed E-state index contributed by atoms with van der Waals surface area (Å²) in [6.07, 6.45) is 1.51. The third kappa shape index (κ3) is 3.53. The minimum absolute atomic E-state index is 0.0450. The molecule has 0 aliphatic carbocycles. The Kier molecular flexibility index (Phi) is 5.15. The lowest BCUT2D eigenvalue weighted by atomic mass is 10.1. The topological polar surface area (TPSA) is 67.9 Å². The highest BCUT2D eigenvalue weighted by molar-refractivity contribution is 5.91. The van der Waals surface area contributed by atoms with Gasteiger partial charge in [0, 0.05) is 56.4 Å². The Hall–Kier alpha value is -3.06. The summed E-state index contributed by atoms with van der Waals surface area (Å²) in [6.45, 7) is 5.20. The van der Waals surface area contributed by atoms with Gasteiger partial charge >= 0.3 is 0 Å². The van der Waals surface area contributed by atoms with Crippen LogP contribution in [-0.4, -0.2) is 53.6 Å². The second-order valence-corrected chi connectivity index (χ2v) is 7.38. The van der Waals surface area contributed by atoms with Crippen molar-refractivity contribution >= 4 is 16.8 Å². The van der Waals surface area contributed by atoms with Crippen molar-refractivity contribution in [2.24, 2.45) is 7.05 Å². The number of amides is 1. The molecule has 7 nitrogen and oxygen atoms in total. The average Bonchev–Trinajstić information content (AvgIpc) is 3.29. The van der Waals surface area contributed by atoms with Crippen LogP contribution in [0.5, 0.6) is 5.75 Å². The molecule has 0 N–H and O–H groups in total.